The molecule has 0 radical (unpaired) electrons. The second-order valence-corrected chi connectivity index (χ2v) is 20.3. The third-order valence-electron chi connectivity index (χ3n) is 7.96. The second kappa shape index (κ2) is 7.34. The Hall–Kier alpha value is -0.476. The Morgan fingerprint density at radius 3 is 2.14 bits per heavy atom. The molecule has 3 N–H and O–H groups in total. The Balaban J connectivity index is 2.34. The lowest BCUT2D eigenvalue weighted by atomic mass is 9.68. The molecule has 162 valence electrons. The molecule has 2 aliphatic rings. The number of esters is 1. The van der Waals surface area contributed by atoms with Gasteiger partial charge in [0.25, 0.3) is 0 Å². The van der Waals surface area contributed by atoms with Crippen molar-refractivity contribution in [3.63, 3.8) is 0 Å². The average molecular weight is 429 g/mol. The third kappa shape index (κ3) is 4.64. The van der Waals surface area contributed by atoms with Crippen LogP contribution in [0.4, 0.5) is 0 Å². The lowest BCUT2D eigenvalue weighted by Crippen LogP contribution is -2.52. The molecule has 1 aliphatic carbocycles. The largest absolute Gasteiger partial charge is 0.461 e. The molecule has 1 aliphatic heterocycles. The molecule has 0 spiro atoms. The van der Waals surface area contributed by atoms with E-state index < -0.39 is 22.2 Å². The maximum Gasteiger partial charge on any atom is 0.306 e. The van der Waals surface area contributed by atoms with Gasteiger partial charge in [-0.25, -0.2) is 0 Å². The SMILES string of the molecule is CC(C)(CC[C@]1(O)C=C[C@@H]2CC(=O)O[C@@H]2[C@@H]1CC(C)(C)[Si](C)(C)O)[Si](C)(C)O. The van der Waals surface area contributed by atoms with Gasteiger partial charge in [0.05, 0.1) is 12.0 Å². The Morgan fingerprint density at radius 2 is 1.64 bits per heavy atom. The Kier molecular flexibility index (Phi) is 6.24. The quantitative estimate of drug-likeness (QED) is 0.324. The number of aliphatic hydroxyl groups is 1. The molecule has 1 fully saturated rings. The van der Waals surface area contributed by atoms with Crippen molar-refractivity contribution in [3.05, 3.63) is 12.2 Å². The maximum atomic E-state index is 12.0. The van der Waals surface area contributed by atoms with Crippen LogP contribution in [0.2, 0.25) is 36.3 Å². The van der Waals surface area contributed by atoms with E-state index in [2.05, 4.69) is 27.7 Å². The number of hydrogen-bond donors (Lipinski definition) is 3. The summed E-state index contributed by atoms with van der Waals surface area (Å²) in [6.45, 7) is 15.9. The number of fused-ring (bicyclic) bond motifs is 1. The van der Waals surface area contributed by atoms with Gasteiger partial charge in [0.1, 0.15) is 6.10 Å². The first-order valence-corrected chi connectivity index (χ1v) is 16.4. The molecule has 0 aromatic carbocycles. The zero-order valence-corrected chi connectivity index (χ0v) is 20.9. The number of ether oxygens (including phenoxy) is 1. The first-order valence-electron chi connectivity index (χ1n) is 10.5. The lowest BCUT2D eigenvalue weighted by Gasteiger charge is -2.48. The van der Waals surface area contributed by atoms with Crippen molar-refractivity contribution in [2.75, 3.05) is 0 Å². The molecule has 4 atom stereocenters. The molecule has 0 saturated carbocycles. The molecule has 0 amide bonds. The molecule has 0 unspecified atom stereocenters. The highest BCUT2D eigenvalue weighted by Crippen LogP contribution is 2.52. The molecule has 1 heterocycles. The van der Waals surface area contributed by atoms with Crippen LogP contribution in [0.1, 0.15) is 53.4 Å². The molecule has 1 saturated heterocycles. The third-order valence-corrected chi connectivity index (χ3v) is 15.0. The van der Waals surface area contributed by atoms with Crippen molar-refractivity contribution >= 4 is 22.6 Å². The predicted octanol–water partition coefficient (Wildman–Crippen LogP) is 3.96. The van der Waals surface area contributed by atoms with Gasteiger partial charge >= 0.3 is 5.97 Å². The van der Waals surface area contributed by atoms with Gasteiger partial charge in [-0.2, -0.15) is 0 Å². The van der Waals surface area contributed by atoms with Crippen LogP contribution >= 0.6 is 0 Å². The number of carbonyl (C=O) groups is 1. The second-order valence-electron chi connectivity index (χ2n) is 11.4. The van der Waals surface area contributed by atoms with Gasteiger partial charge in [0.15, 0.2) is 16.6 Å². The molecule has 0 aromatic heterocycles. The van der Waals surface area contributed by atoms with E-state index >= 15 is 0 Å². The Bertz CT molecular complexity index is 630. The number of rotatable bonds is 7. The van der Waals surface area contributed by atoms with Crippen LogP contribution in [-0.4, -0.2) is 49.0 Å². The summed E-state index contributed by atoms with van der Waals surface area (Å²) in [5.41, 5.74) is -1.11. The fourth-order valence-corrected chi connectivity index (χ4v) is 5.49. The molecule has 0 bridgehead atoms. The summed E-state index contributed by atoms with van der Waals surface area (Å²) in [6.07, 6.45) is 5.60. The maximum absolute atomic E-state index is 12.0. The molecule has 7 heteroatoms. The van der Waals surface area contributed by atoms with Crippen LogP contribution in [0.3, 0.4) is 0 Å². The van der Waals surface area contributed by atoms with Crippen LogP contribution in [-0.2, 0) is 9.53 Å². The average Bonchev–Trinajstić information content (AvgIpc) is 2.87. The normalized spacial score (nSPS) is 31.7. The smallest absolute Gasteiger partial charge is 0.306 e. The van der Waals surface area contributed by atoms with Crippen molar-refractivity contribution in [1.29, 1.82) is 0 Å². The van der Waals surface area contributed by atoms with E-state index in [1.54, 1.807) is 0 Å². The predicted molar refractivity (Wildman–Crippen MR) is 117 cm³/mol. The van der Waals surface area contributed by atoms with Crippen molar-refractivity contribution in [2.24, 2.45) is 11.8 Å². The monoisotopic (exact) mass is 428 g/mol. The summed E-state index contributed by atoms with van der Waals surface area (Å²) in [5.74, 6) is -0.479. The summed E-state index contributed by atoms with van der Waals surface area (Å²) in [7, 11) is -4.88. The molecular weight excluding hydrogens is 388 g/mol. The van der Waals surface area contributed by atoms with Crippen molar-refractivity contribution in [1.82, 2.24) is 0 Å². The fraction of sp³-hybridized carbons (Fsp3) is 0.857. The van der Waals surface area contributed by atoms with Crippen molar-refractivity contribution in [3.8, 4) is 0 Å². The van der Waals surface area contributed by atoms with E-state index in [1.807, 2.05) is 38.3 Å². The van der Waals surface area contributed by atoms with Crippen LogP contribution < -0.4 is 0 Å². The first-order chi connectivity index (χ1) is 12.4. The summed E-state index contributed by atoms with van der Waals surface area (Å²) < 4.78 is 5.67. The fourth-order valence-electron chi connectivity index (χ4n) is 4.03. The first kappa shape index (κ1) is 23.8. The van der Waals surface area contributed by atoms with E-state index in [-0.39, 0.29) is 34.0 Å². The highest BCUT2D eigenvalue weighted by atomic mass is 28.4. The number of hydrogen-bond acceptors (Lipinski definition) is 5. The van der Waals surface area contributed by atoms with Crippen LogP contribution in [0.5, 0.6) is 0 Å². The number of carbonyl (C=O) groups excluding carboxylic acids is 1. The van der Waals surface area contributed by atoms with Gasteiger partial charge in [-0.3, -0.25) is 4.79 Å². The van der Waals surface area contributed by atoms with Gasteiger partial charge in [0.2, 0.25) is 0 Å². The van der Waals surface area contributed by atoms with E-state index in [0.29, 0.717) is 25.7 Å². The minimum Gasteiger partial charge on any atom is -0.461 e. The topological polar surface area (TPSA) is 87.0 Å². The lowest BCUT2D eigenvalue weighted by molar-refractivity contribution is -0.148. The summed E-state index contributed by atoms with van der Waals surface area (Å²) in [4.78, 5) is 33.4. The van der Waals surface area contributed by atoms with E-state index in [1.165, 1.54) is 0 Å². The van der Waals surface area contributed by atoms with Gasteiger partial charge in [0, 0.05) is 11.8 Å². The van der Waals surface area contributed by atoms with Crippen molar-refractivity contribution in [2.45, 2.75) is 101 Å². The molecule has 28 heavy (non-hydrogen) atoms. The van der Waals surface area contributed by atoms with Gasteiger partial charge in [-0.1, -0.05) is 39.8 Å². The van der Waals surface area contributed by atoms with Gasteiger partial charge < -0.3 is 19.4 Å². The van der Waals surface area contributed by atoms with E-state index in [9.17, 15) is 19.5 Å². The minimum absolute atomic E-state index is 0.00582. The molecule has 2 rings (SSSR count). The van der Waals surface area contributed by atoms with Gasteiger partial charge in [-0.15, -0.1) is 0 Å². The standard InChI is InChI=1S/C21H40O5Si2/c1-19(2,27(5,6)24)11-12-21(23)10-9-15-13-17(22)26-18(15)16(21)14-20(3,4)28(7,8)25/h9-10,15-16,18,23-25H,11-14H2,1-8H3/t15-,16+,18+,21-/m1/s1. The van der Waals surface area contributed by atoms with Crippen molar-refractivity contribution < 1.29 is 24.2 Å². The van der Waals surface area contributed by atoms with Crippen LogP contribution in [0.15, 0.2) is 12.2 Å². The zero-order chi connectivity index (χ0) is 21.8. The van der Waals surface area contributed by atoms with Gasteiger partial charge in [-0.05, 0) is 55.5 Å². The molecule has 0 aromatic rings. The summed E-state index contributed by atoms with van der Waals surface area (Å²) in [5, 5.41) is 11.1. The highest BCUT2D eigenvalue weighted by Gasteiger charge is 2.54. The summed E-state index contributed by atoms with van der Waals surface area (Å²) >= 11 is 0. The van der Waals surface area contributed by atoms with E-state index in [0.717, 1.165) is 0 Å². The summed E-state index contributed by atoms with van der Waals surface area (Å²) in [6, 6.07) is 0. The minimum atomic E-state index is -2.49. The molecule has 5 nitrogen and oxygen atoms in total. The van der Waals surface area contributed by atoms with Crippen LogP contribution in [0.25, 0.3) is 0 Å². The highest BCUT2D eigenvalue weighted by molar-refractivity contribution is 6.73. The molecular formula is C21H40O5Si2. The Morgan fingerprint density at radius 1 is 1.11 bits per heavy atom. The zero-order valence-electron chi connectivity index (χ0n) is 18.9. The Labute approximate surface area is 172 Å². The van der Waals surface area contributed by atoms with E-state index in [4.69, 9.17) is 4.74 Å². The van der Waals surface area contributed by atoms with Crippen LogP contribution in [0, 0.1) is 11.8 Å².